The summed E-state index contributed by atoms with van der Waals surface area (Å²) in [6, 6.07) is 9.34. The van der Waals surface area contributed by atoms with E-state index in [2.05, 4.69) is 26.1 Å². The summed E-state index contributed by atoms with van der Waals surface area (Å²) in [6.07, 6.45) is 3.00. The first kappa shape index (κ1) is 22.4. The van der Waals surface area contributed by atoms with Gasteiger partial charge in [-0.1, -0.05) is 6.07 Å². The smallest absolute Gasteiger partial charge is 0.370 e. The number of benzene rings is 1. The number of alkyl halides is 3. The van der Waals surface area contributed by atoms with Crippen LogP contribution in [0.1, 0.15) is 30.0 Å². The molecule has 1 aliphatic heterocycles. The summed E-state index contributed by atoms with van der Waals surface area (Å²) in [6.45, 7) is 0.889. The number of hydrogen-bond donors (Lipinski definition) is 1. The topological polar surface area (TPSA) is 110 Å². The molecule has 176 valence electrons. The maximum Gasteiger partial charge on any atom is 0.417 e. The number of nitrogens with zero attached hydrogens (tertiary/aromatic N) is 7. The number of aromatic amines is 1. The molecule has 4 heterocycles. The van der Waals surface area contributed by atoms with Crippen molar-refractivity contribution in [3.8, 4) is 23.4 Å². The lowest BCUT2D eigenvalue weighted by Gasteiger charge is -2.25. The van der Waals surface area contributed by atoms with Gasteiger partial charge < -0.3 is 9.88 Å². The molecule has 1 aromatic carbocycles. The van der Waals surface area contributed by atoms with Crippen LogP contribution in [0.15, 0.2) is 49.2 Å². The standard InChI is InChI=1S/C24H19F3N8/c25-24(26,27)19-2-1-3-21(18(19)10-29)34-9-6-15(12-34)20(4-7-28)35-13-16(11-33-35)22-17-5-8-30-23(17)32-14-31-22/h1-3,5,8,11,13-15,20H,4,6,9,12H2,(H,30,31,32)/t15-,20-/m0/s1. The third-order valence-corrected chi connectivity index (χ3v) is 6.44. The van der Waals surface area contributed by atoms with E-state index in [9.17, 15) is 23.7 Å². The molecule has 1 aliphatic rings. The van der Waals surface area contributed by atoms with Gasteiger partial charge in [0.05, 0.1) is 47.2 Å². The minimum atomic E-state index is -4.61. The molecule has 3 aromatic heterocycles. The summed E-state index contributed by atoms with van der Waals surface area (Å²) in [7, 11) is 0. The monoisotopic (exact) mass is 476 g/mol. The van der Waals surface area contributed by atoms with Crippen LogP contribution in [0.3, 0.4) is 0 Å². The molecule has 1 fully saturated rings. The van der Waals surface area contributed by atoms with Gasteiger partial charge in [0, 0.05) is 42.4 Å². The molecule has 5 rings (SSSR count). The van der Waals surface area contributed by atoms with Crippen LogP contribution < -0.4 is 4.90 Å². The molecule has 0 amide bonds. The highest BCUT2D eigenvalue weighted by Crippen LogP contribution is 2.39. The van der Waals surface area contributed by atoms with Gasteiger partial charge in [-0.25, -0.2) is 9.97 Å². The Morgan fingerprint density at radius 2 is 2.06 bits per heavy atom. The van der Waals surface area contributed by atoms with Gasteiger partial charge in [0.25, 0.3) is 0 Å². The van der Waals surface area contributed by atoms with Crippen molar-refractivity contribution in [1.82, 2.24) is 24.7 Å². The number of nitrogens with one attached hydrogen (secondary N) is 1. The van der Waals surface area contributed by atoms with Crippen LogP contribution in [-0.4, -0.2) is 37.8 Å². The van der Waals surface area contributed by atoms with Gasteiger partial charge in [0.1, 0.15) is 18.0 Å². The quantitative estimate of drug-likeness (QED) is 0.447. The molecule has 1 N–H and O–H groups in total. The van der Waals surface area contributed by atoms with Crippen molar-refractivity contribution >= 4 is 16.7 Å². The van der Waals surface area contributed by atoms with Crippen LogP contribution in [0.2, 0.25) is 0 Å². The molecule has 0 saturated carbocycles. The molecule has 0 bridgehead atoms. The third kappa shape index (κ3) is 4.06. The van der Waals surface area contributed by atoms with Crippen molar-refractivity contribution in [2.24, 2.45) is 5.92 Å². The highest BCUT2D eigenvalue weighted by molar-refractivity contribution is 5.89. The lowest BCUT2D eigenvalue weighted by molar-refractivity contribution is -0.137. The number of nitriles is 2. The van der Waals surface area contributed by atoms with E-state index >= 15 is 0 Å². The second kappa shape index (κ2) is 8.76. The van der Waals surface area contributed by atoms with Crippen LogP contribution in [0.25, 0.3) is 22.3 Å². The number of hydrogen-bond acceptors (Lipinski definition) is 6. The Balaban J connectivity index is 1.42. The number of anilines is 1. The van der Waals surface area contributed by atoms with Gasteiger partial charge in [-0.3, -0.25) is 4.68 Å². The van der Waals surface area contributed by atoms with Gasteiger partial charge in [-0.05, 0) is 24.6 Å². The molecular formula is C24H19F3N8. The van der Waals surface area contributed by atoms with Crippen LogP contribution >= 0.6 is 0 Å². The van der Waals surface area contributed by atoms with Crippen LogP contribution in [0.5, 0.6) is 0 Å². The van der Waals surface area contributed by atoms with E-state index < -0.39 is 11.7 Å². The zero-order valence-electron chi connectivity index (χ0n) is 18.4. The van der Waals surface area contributed by atoms with Crippen molar-refractivity contribution in [2.75, 3.05) is 18.0 Å². The molecule has 2 atom stereocenters. The fraction of sp³-hybridized carbons (Fsp3) is 0.292. The minimum Gasteiger partial charge on any atom is -0.370 e. The fourth-order valence-corrected chi connectivity index (χ4v) is 4.79. The fourth-order valence-electron chi connectivity index (χ4n) is 4.79. The molecule has 0 spiro atoms. The van der Waals surface area contributed by atoms with E-state index in [1.165, 1.54) is 12.4 Å². The Morgan fingerprint density at radius 1 is 1.20 bits per heavy atom. The predicted molar refractivity (Wildman–Crippen MR) is 121 cm³/mol. The van der Waals surface area contributed by atoms with Gasteiger partial charge in [0.15, 0.2) is 0 Å². The maximum atomic E-state index is 13.4. The first-order valence-electron chi connectivity index (χ1n) is 11.0. The van der Waals surface area contributed by atoms with Crippen molar-refractivity contribution in [1.29, 1.82) is 10.5 Å². The van der Waals surface area contributed by atoms with Crippen molar-refractivity contribution in [2.45, 2.75) is 25.1 Å². The van der Waals surface area contributed by atoms with E-state index in [4.69, 9.17) is 0 Å². The Labute approximate surface area is 198 Å². The minimum absolute atomic E-state index is 0.0406. The van der Waals surface area contributed by atoms with E-state index in [-0.39, 0.29) is 29.6 Å². The number of H-pyrrole nitrogens is 1. The van der Waals surface area contributed by atoms with Crippen molar-refractivity contribution in [3.63, 3.8) is 0 Å². The average Bonchev–Trinajstić information content (AvgIpc) is 3.62. The van der Waals surface area contributed by atoms with E-state index in [0.29, 0.717) is 30.9 Å². The Kier molecular flexibility index (Phi) is 5.61. The van der Waals surface area contributed by atoms with Gasteiger partial charge in [0.2, 0.25) is 0 Å². The molecule has 0 aliphatic carbocycles. The summed E-state index contributed by atoms with van der Waals surface area (Å²) in [5, 5.41) is 24.3. The van der Waals surface area contributed by atoms with Crippen LogP contribution in [0.4, 0.5) is 18.9 Å². The summed E-state index contributed by atoms with van der Waals surface area (Å²) in [5.41, 5.74) is 1.15. The highest BCUT2D eigenvalue weighted by Gasteiger charge is 2.37. The zero-order valence-corrected chi connectivity index (χ0v) is 18.4. The van der Waals surface area contributed by atoms with E-state index in [0.717, 1.165) is 17.0 Å². The normalized spacial score (nSPS) is 16.8. The molecule has 8 nitrogen and oxygen atoms in total. The zero-order chi connectivity index (χ0) is 24.6. The Hall–Kier alpha value is -4.38. The van der Waals surface area contributed by atoms with E-state index in [1.807, 2.05) is 12.3 Å². The van der Waals surface area contributed by atoms with Crippen LogP contribution in [0, 0.1) is 28.6 Å². The van der Waals surface area contributed by atoms with E-state index in [1.54, 1.807) is 34.1 Å². The lowest BCUT2D eigenvalue weighted by Crippen LogP contribution is -2.26. The van der Waals surface area contributed by atoms with Gasteiger partial charge in [-0.15, -0.1) is 0 Å². The van der Waals surface area contributed by atoms with Crippen LogP contribution in [-0.2, 0) is 6.18 Å². The number of aromatic nitrogens is 5. The number of halogens is 3. The molecule has 0 radical (unpaired) electrons. The summed E-state index contributed by atoms with van der Waals surface area (Å²) < 4.78 is 42.0. The summed E-state index contributed by atoms with van der Waals surface area (Å²) in [4.78, 5) is 13.4. The number of rotatable bonds is 5. The molecule has 35 heavy (non-hydrogen) atoms. The molecule has 11 heteroatoms. The average molecular weight is 476 g/mol. The van der Waals surface area contributed by atoms with Gasteiger partial charge >= 0.3 is 6.18 Å². The molecule has 4 aromatic rings. The first-order chi connectivity index (χ1) is 16.9. The van der Waals surface area contributed by atoms with Crippen molar-refractivity contribution in [3.05, 3.63) is 60.3 Å². The van der Waals surface area contributed by atoms with Crippen molar-refractivity contribution < 1.29 is 13.2 Å². The summed E-state index contributed by atoms with van der Waals surface area (Å²) in [5.74, 6) is -0.0406. The second-order valence-corrected chi connectivity index (χ2v) is 8.40. The Morgan fingerprint density at radius 3 is 2.83 bits per heavy atom. The van der Waals surface area contributed by atoms with Gasteiger partial charge in [-0.2, -0.15) is 28.8 Å². The predicted octanol–water partition coefficient (Wildman–Crippen LogP) is 4.69. The lowest BCUT2D eigenvalue weighted by atomic mass is 9.96. The molecule has 1 saturated heterocycles. The second-order valence-electron chi connectivity index (χ2n) is 8.40. The third-order valence-electron chi connectivity index (χ3n) is 6.44. The molecular weight excluding hydrogens is 457 g/mol. The summed E-state index contributed by atoms with van der Waals surface area (Å²) >= 11 is 0. The molecule has 0 unspecified atom stereocenters. The number of fused-ring (bicyclic) bond motifs is 1. The highest BCUT2D eigenvalue weighted by atomic mass is 19.4. The largest absolute Gasteiger partial charge is 0.417 e. The maximum absolute atomic E-state index is 13.4. The Bertz CT molecular complexity index is 1460. The first-order valence-corrected chi connectivity index (χ1v) is 11.0. The SMILES string of the molecule is N#CC[C@@H]([C@H]1CCN(c2cccc(C(F)(F)F)c2C#N)C1)n1cc(-c2ncnc3[nH]ccc23)cn1.